The van der Waals surface area contributed by atoms with E-state index in [4.69, 9.17) is 0 Å². The Morgan fingerprint density at radius 1 is 1.17 bits per heavy atom. The molecule has 1 saturated heterocycles. The Morgan fingerprint density at radius 3 is 2.52 bits per heavy atom. The molecule has 1 atom stereocenters. The van der Waals surface area contributed by atoms with Crippen LogP contribution in [0.1, 0.15) is 52.2 Å². The minimum atomic E-state index is -0.165. The lowest BCUT2D eigenvalue weighted by Crippen LogP contribution is -2.33. The number of carbonyl (C=O) groups is 1. The van der Waals surface area contributed by atoms with E-state index in [9.17, 15) is 4.79 Å². The van der Waals surface area contributed by atoms with E-state index < -0.39 is 0 Å². The molecule has 2 aromatic rings. The highest BCUT2D eigenvalue weighted by Gasteiger charge is 2.27. The minimum absolute atomic E-state index is 0.165. The van der Waals surface area contributed by atoms with Crippen LogP contribution in [0.5, 0.6) is 0 Å². The van der Waals surface area contributed by atoms with Crippen molar-refractivity contribution in [3.05, 3.63) is 34.0 Å². The van der Waals surface area contributed by atoms with Gasteiger partial charge in [0, 0.05) is 68.8 Å². The number of anilines is 1. The van der Waals surface area contributed by atoms with Gasteiger partial charge >= 0.3 is 0 Å². The third-order valence-corrected chi connectivity index (χ3v) is 5.85. The predicted molar refractivity (Wildman–Crippen MR) is 114 cm³/mol. The van der Waals surface area contributed by atoms with Crippen LogP contribution in [0.25, 0.3) is 0 Å². The van der Waals surface area contributed by atoms with Gasteiger partial charge in [-0.05, 0) is 41.0 Å². The maximum Gasteiger partial charge on any atom is 0.291 e. The van der Waals surface area contributed by atoms with Crippen molar-refractivity contribution in [2.45, 2.75) is 60.2 Å². The third-order valence-electron chi connectivity index (χ3n) is 5.85. The molecule has 0 bridgehead atoms. The van der Waals surface area contributed by atoms with Crippen LogP contribution < -0.4 is 10.2 Å². The number of aryl methyl sites for hydroxylation is 3. The second-order valence-corrected chi connectivity index (χ2v) is 8.06. The largest absolute Gasteiger partial charge is 0.355 e. The summed E-state index contributed by atoms with van der Waals surface area (Å²) < 4.78 is 2.06. The molecule has 0 saturated carbocycles. The lowest BCUT2D eigenvalue weighted by Gasteiger charge is -2.22. The van der Waals surface area contributed by atoms with Gasteiger partial charge in [-0.1, -0.05) is 0 Å². The zero-order chi connectivity index (χ0) is 21.3. The van der Waals surface area contributed by atoms with Crippen LogP contribution in [0.2, 0.25) is 0 Å². The van der Waals surface area contributed by atoms with Crippen molar-refractivity contribution in [2.24, 2.45) is 0 Å². The summed E-state index contributed by atoms with van der Waals surface area (Å²) >= 11 is 0. The van der Waals surface area contributed by atoms with Gasteiger partial charge in [-0.2, -0.15) is 5.10 Å². The predicted octanol–water partition coefficient (Wildman–Crippen LogP) is 2.00. The summed E-state index contributed by atoms with van der Waals surface area (Å²) in [4.78, 5) is 25.1. The summed E-state index contributed by atoms with van der Waals surface area (Å²) in [5.74, 6) is 0.975. The molecule has 3 rings (SSSR count). The van der Waals surface area contributed by atoms with Gasteiger partial charge in [0.1, 0.15) is 5.82 Å². The molecular weight excluding hydrogens is 366 g/mol. The molecular formula is C21H33N7O. The number of hydrogen-bond acceptors (Lipinski definition) is 6. The highest BCUT2D eigenvalue weighted by Crippen LogP contribution is 2.24. The summed E-state index contributed by atoms with van der Waals surface area (Å²) in [7, 11) is 3.45. The Labute approximate surface area is 173 Å². The smallest absolute Gasteiger partial charge is 0.291 e. The third kappa shape index (κ3) is 4.27. The minimum Gasteiger partial charge on any atom is -0.355 e. The van der Waals surface area contributed by atoms with Crippen LogP contribution in [-0.2, 0) is 13.1 Å². The molecule has 8 heteroatoms. The Kier molecular flexibility index (Phi) is 6.21. The Balaban J connectivity index is 1.71. The van der Waals surface area contributed by atoms with Crippen LogP contribution in [0.3, 0.4) is 0 Å². The van der Waals surface area contributed by atoms with Gasteiger partial charge in [0.25, 0.3) is 5.91 Å². The molecule has 1 N–H and O–H groups in total. The van der Waals surface area contributed by atoms with E-state index in [1.807, 2.05) is 13.8 Å². The first-order valence-corrected chi connectivity index (χ1v) is 10.3. The van der Waals surface area contributed by atoms with E-state index in [2.05, 4.69) is 50.7 Å². The fourth-order valence-electron chi connectivity index (χ4n) is 3.88. The molecule has 0 unspecified atom stereocenters. The van der Waals surface area contributed by atoms with Gasteiger partial charge in [0.05, 0.1) is 5.69 Å². The van der Waals surface area contributed by atoms with Gasteiger partial charge in [0.15, 0.2) is 0 Å². The maximum atomic E-state index is 12.4. The second-order valence-electron chi connectivity index (χ2n) is 8.06. The van der Waals surface area contributed by atoms with E-state index in [0.717, 1.165) is 55.4 Å². The molecule has 3 heterocycles. The van der Waals surface area contributed by atoms with E-state index >= 15 is 0 Å². The van der Waals surface area contributed by atoms with Crippen molar-refractivity contribution < 1.29 is 4.79 Å². The lowest BCUT2D eigenvalue weighted by molar-refractivity contribution is 0.0815. The first-order chi connectivity index (χ1) is 13.7. The van der Waals surface area contributed by atoms with Gasteiger partial charge < -0.3 is 15.1 Å². The van der Waals surface area contributed by atoms with E-state index in [1.54, 1.807) is 14.1 Å². The van der Waals surface area contributed by atoms with E-state index in [1.165, 1.54) is 16.2 Å². The summed E-state index contributed by atoms with van der Waals surface area (Å²) in [6.07, 6.45) is 1.04. The molecule has 0 aliphatic carbocycles. The molecule has 1 aliphatic heterocycles. The van der Waals surface area contributed by atoms with Crippen molar-refractivity contribution in [1.82, 2.24) is 30.0 Å². The number of hydrogen-bond donors (Lipinski definition) is 1. The first kappa shape index (κ1) is 21.2. The Bertz CT molecular complexity index is 903. The average Bonchev–Trinajstić information content (AvgIpc) is 3.25. The standard InChI is InChI=1S/C21H33N7O/c1-8-28-16(5)18(15(4)25-28)11-22-17-9-10-27(12-17)20-13(2)14(3)23-19(24-20)21(29)26(6)7/h17,22H,8-12H2,1-7H3/t17-/m1/s1. The first-order valence-electron chi connectivity index (χ1n) is 10.3. The highest BCUT2D eigenvalue weighted by atomic mass is 16.2. The van der Waals surface area contributed by atoms with Crippen LogP contribution in [-0.4, -0.2) is 63.8 Å². The maximum absolute atomic E-state index is 12.4. The van der Waals surface area contributed by atoms with Crippen molar-refractivity contribution in [2.75, 3.05) is 32.1 Å². The molecule has 2 aromatic heterocycles. The SMILES string of the molecule is CCn1nc(C)c(CN[C@@H]2CCN(c3nc(C(=O)N(C)C)nc(C)c3C)C2)c1C. The molecule has 1 amide bonds. The molecule has 8 nitrogen and oxygen atoms in total. The number of nitrogens with one attached hydrogen (secondary N) is 1. The Morgan fingerprint density at radius 2 is 1.90 bits per heavy atom. The number of aromatic nitrogens is 4. The van der Waals surface area contributed by atoms with Crippen molar-refractivity contribution in [3.8, 4) is 0 Å². The quantitative estimate of drug-likeness (QED) is 0.800. The fraction of sp³-hybridized carbons (Fsp3) is 0.619. The van der Waals surface area contributed by atoms with Crippen LogP contribution in [0.4, 0.5) is 5.82 Å². The average molecular weight is 400 g/mol. The van der Waals surface area contributed by atoms with Gasteiger partial charge in [0.2, 0.25) is 5.82 Å². The number of carbonyl (C=O) groups excluding carboxylic acids is 1. The number of amides is 1. The van der Waals surface area contributed by atoms with Crippen molar-refractivity contribution in [1.29, 1.82) is 0 Å². The summed E-state index contributed by atoms with van der Waals surface area (Å²) in [5, 5.41) is 8.30. The van der Waals surface area contributed by atoms with Gasteiger partial charge in [-0.15, -0.1) is 0 Å². The summed E-state index contributed by atoms with van der Waals surface area (Å²) in [6.45, 7) is 13.8. The van der Waals surface area contributed by atoms with Crippen molar-refractivity contribution >= 4 is 11.7 Å². The molecule has 0 spiro atoms. The van der Waals surface area contributed by atoms with Crippen molar-refractivity contribution in [3.63, 3.8) is 0 Å². The fourth-order valence-corrected chi connectivity index (χ4v) is 3.88. The van der Waals surface area contributed by atoms with E-state index in [0.29, 0.717) is 6.04 Å². The Hall–Kier alpha value is -2.48. The molecule has 158 valence electrons. The zero-order valence-corrected chi connectivity index (χ0v) is 18.7. The van der Waals surface area contributed by atoms with Crippen LogP contribution in [0.15, 0.2) is 0 Å². The molecule has 0 radical (unpaired) electrons. The highest BCUT2D eigenvalue weighted by molar-refractivity contribution is 5.90. The second kappa shape index (κ2) is 8.49. The summed E-state index contributed by atoms with van der Waals surface area (Å²) in [6, 6.07) is 0.376. The number of nitrogens with zero attached hydrogens (tertiary/aromatic N) is 6. The zero-order valence-electron chi connectivity index (χ0n) is 18.7. The molecule has 1 aliphatic rings. The number of rotatable bonds is 6. The van der Waals surface area contributed by atoms with Gasteiger partial charge in [-0.3, -0.25) is 9.48 Å². The van der Waals surface area contributed by atoms with Crippen LogP contribution >= 0.6 is 0 Å². The molecule has 0 aromatic carbocycles. The topological polar surface area (TPSA) is 79.2 Å². The normalized spacial score (nSPS) is 16.5. The molecule has 29 heavy (non-hydrogen) atoms. The van der Waals surface area contributed by atoms with E-state index in [-0.39, 0.29) is 11.7 Å². The monoisotopic (exact) mass is 399 g/mol. The van der Waals surface area contributed by atoms with Crippen LogP contribution in [0, 0.1) is 27.7 Å². The summed E-state index contributed by atoms with van der Waals surface area (Å²) in [5.41, 5.74) is 5.52. The molecule has 1 fully saturated rings. The van der Waals surface area contributed by atoms with Gasteiger partial charge in [-0.25, -0.2) is 9.97 Å². The lowest BCUT2D eigenvalue weighted by atomic mass is 10.1.